The summed E-state index contributed by atoms with van der Waals surface area (Å²) < 4.78 is 0. The molecule has 0 aromatic carbocycles. The summed E-state index contributed by atoms with van der Waals surface area (Å²) in [7, 11) is 0. The second kappa shape index (κ2) is 4.74. The third kappa shape index (κ3) is 3.05. The van der Waals surface area contributed by atoms with Crippen molar-refractivity contribution in [3.05, 3.63) is 5.82 Å². The van der Waals surface area contributed by atoms with Gasteiger partial charge in [0.25, 0.3) is 11.7 Å². The minimum Gasteiger partial charge on any atom is -0.352 e. The van der Waals surface area contributed by atoms with Crippen LogP contribution in [0.2, 0.25) is 0 Å². The second-order valence-electron chi connectivity index (χ2n) is 2.28. The number of tetrazole rings is 1. The minimum absolute atomic E-state index is 0.0518. The number of aromatic nitrogens is 4. The lowest BCUT2D eigenvalue weighted by Gasteiger charge is -2.01. The maximum atomic E-state index is 11.1. The molecule has 1 aromatic heterocycles. The maximum absolute atomic E-state index is 11.1. The molecule has 1 heterocycles. The molecular weight excluding hydrogens is 190 g/mol. The van der Waals surface area contributed by atoms with Gasteiger partial charge in [0.15, 0.2) is 0 Å². The molecule has 3 amide bonds. The molecule has 0 spiro atoms. The highest BCUT2D eigenvalue weighted by Crippen LogP contribution is 1.80. The number of nitrogens with one attached hydrogen (secondary N) is 3. The van der Waals surface area contributed by atoms with E-state index in [4.69, 9.17) is 5.73 Å². The number of hydrogen-bond donors (Lipinski definition) is 4. The molecule has 76 valence electrons. The first-order valence-corrected chi connectivity index (χ1v) is 3.75. The minimum atomic E-state index is -0.640. The molecule has 9 heteroatoms. The first-order valence-electron chi connectivity index (χ1n) is 3.75. The summed E-state index contributed by atoms with van der Waals surface area (Å²) >= 11 is 0. The molecule has 0 saturated carbocycles. The molecule has 0 aliphatic heterocycles. The van der Waals surface area contributed by atoms with E-state index in [1.807, 2.05) is 0 Å². The van der Waals surface area contributed by atoms with Gasteiger partial charge in [-0.2, -0.15) is 5.21 Å². The fraction of sp³-hybridized carbons (Fsp3) is 0.400. The molecule has 0 radical (unpaired) electrons. The smallest absolute Gasteiger partial charge is 0.312 e. The van der Waals surface area contributed by atoms with E-state index in [0.717, 1.165) is 0 Å². The number of urea groups is 1. The number of nitrogens with two attached hydrogens (primary N) is 1. The molecule has 1 rings (SSSR count). The maximum Gasteiger partial charge on any atom is 0.312 e. The molecule has 9 nitrogen and oxygen atoms in total. The van der Waals surface area contributed by atoms with Crippen molar-refractivity contribution in [3.8, 4) is 0 Å². The van der Waals surface area contributed by atoms with Crippen molar-refractivity contribution in [2.24, 2.45) is 5.73 Å². The van der Waals surface area contributed by atoms with Gasteiger partial charge in [0.1, 0.15) is 0 Å². The molecule has 0 saturated heterocycles. The highest BCUT2D eigenvalue weighted by molar-refractivity contribution is 5.90. The van der Waals surface area contributed by atoms with Gasteiger partial charge in [-0.3, -0.25) is 4.79 Å². The van der Waals surface area contributed by atoms with Gasteiger partial charge in [-0.1, -0.05) is 0 Å². The number of primary amides is 1. The van der Waals surface area contributed by atoms with E-state index in [9.17, 15) is 9.59 Å². The van der Waals surface area contributed by atoms with Crippen LogP contribution >= 0.6 is 0 Å². The van der Waals surface area contributed by atoms with Crippen LogP contribution in [0.5, 0.6) is 0 Å². The van der Waals surface area contributed by atoms with Gasteiger partial charge >= 0.3 is 6.03 Å². The van der Waals surface area contributed by atoms with Crippen LogP contribution in [0.3, 0.4) is 0 Å². The molecule has 0 unspecified atom stereocenters. The third-order valence-corrected chi connectivity index (χ3v) is 1.26. The Morgan fingerprint density at radius 1 is 1.36 bits per heavy atom. The van der Waals surface area contributed by atoms with Crippen molar-refractivity contribution in [3.63, 3.8) is 0 Å². The lowest BCUT2D eigenvalue weighted by atomic mass is 10.5. The average Bonchev–Trinajstić information content (AvgIpc) is 2.64. The SMILES string of the molecule is NC(=O)NCCNC(=O)c1nn[nH]n1. The summed E-state index contributed by atoms with van der Waals surface area (Å²) in [5, 5.41) is 17.0. The number of aromatic amines is 1. The molecule has 0 aliphatic carbocycles. The Bertz CT molecular complexity index is 308. The number of amides is 3. The van der Waals surface area contributed by atoms with E-state index < -0.39 is 11.9 Å². The molecule has 1 aromatic rings. The largest absolute Gasteiger partial charge is 0.352 e. The second-order valence-corrected chi connectivity index (χ2v) is 2.28. The van der Waals surface area contributed by atoms with E-state index in [1.54, 1.807) is 0 Å². The van der Waals surface area contributed by atoms with Crippen LogP contribution in [0, 0.1) is 0 Å². The summed E-state index contributed by atoms with van der Waals surface area (Å²) in [5.74, 6) is -0.519. The predicted molar refractivity (Wildman–Crippen MR) is 44.1 cm³/mol. The van der Waals surface area contributed by atoms with Gasteiger partial charge < -0.3 is 16.4 Å². The molecule has 0 bridgehead atoms. The molecule has 0 aliphatic rings. The van der Waals surface area contributed by atoms with Crippen LogP contribution in [-0.2, 0) is 0 Å². The Balaban J connectivity index is 2.19. The van der Waals surface area contributed by atoms with E-state index in [0.29, 0.717) is 0 Å². The van der Waals surface area contributed by atoms with Crippen molar-refractivity contribution >= 4 is 11.9 Å². The Kier molecular flexibility index (Phi) is 3.35. The van der Waals surface area contributed by atoms with E-state index >= 15 is 0 Å². The number of hydrogen-bond acceptors (Lipinski definition) is 5. The van der Waals surface area contributed by atoms with Gasteiger partial charge in [0.05, 0.1) is 0 Å². The molecule has 14 heavy (non-hydrogen) atoms. The topological polar surface area (TPSA) is 139 Å². The molecule has 0 atom stereocenters. The van der Waals surface area contributed by atoms with Crippen molar-refractivity contribution in [1.82, 2.24) is 31.3 Å². The predicted octanol–water partition coefficient (Wildman–Crippen LogP) is -2.40. The van der Waals surface area contributed by atoms with Crippen molar-refractivity contribution in [2.45, 2.75) is 0 Å². The van der Waals surface area contributed by atoms with E-state index in [1.165, 1.54) is 0 Å². The van der Waals surface area contributed by atoms with Gasteiger partial charge in [0.2, 0.25) is 0 Å². The van der Waals surface area contributed by atoms with Gasteiger partial charge in [-0.25, -0.2) is 4.79 Å². The highest BCUT2D eigenvalue weighted by Gasteiger charge is 2.08. The van der Waals surface area contributed by atoms with Gasteiger partial charge in [0, 0.05) is 13.1 Å². The Morgan fingerprint density at radius 2 is 2.07 bits per heavy atom. The summed E-state index contributed by atoms with van der Waals surface area (Å²) in [5.41, 5.74) is 4.80. The molecule has 5 N–H and O–H groups in total. The van der Waals surface area contributed by atoms with Crippen LogP contribution in [0.1, 0.15) is 10.6 Å². The van der Waals surface area contributed by atoms with Crippen LogP contribution in [0.15, 0.2) is 0 Å². The zero-order valence-electron chi connectivity index (χ0n) is 7.15. The molecular formula is C5H9N7O2. The first-order chi connectivity index (χ1) is 6.70. The average molecular weight is 199 g/mol. The fourth-order valence-corrected chi connectivity index (χ4v) is 0.699. The number of nitrogens with zero attached hydrogens (tertiary/aromatic N) is 3. The number of carbonyl (C=O) groups is 2. The highest BCUT2D eigenvalue weighted by atomic mass is 16.2. The normalized spacial score (nSPS) is 9.43. The summed E-state index contributed by atoms with van der Waals surface area (Å²) in [4.78, 5) is 21.3. The molecule has 0 fully saturated rings. The summed E-state index contributed by atoms with van der Waals surface area (Å²) in [6.45, 7) is 0.495. The Hall–Kier alpha value is -2.19. The zero-order valence-corrected chi connectivity index (χ0v) is 7.15. The van der Waals surface area contributed by atoms with Crippen LogP contribution < -0.4 is 16.4 Å². The van der Waals surface area contributed by atoms with Crippen molar-refractivity contribution in [1.29, 1.82) is 0 Å². The van der Waals surface area contributed by atoms with Crippen molar-refractivity contribution in [2.75, 3.05) is 13.1 Å². The third-order valence-electron chi connectivity index (χ3n) is 1.26. The van der Waals surface area contributed by atoms with Gasteiger partial charge in [-0.05, 0) is 5.21 Å². The number of H-pyrrole nitrogens is 1. The standard InChI is InChI=1S/C5H9N7O2/c6-5(14)8-2-1-7-4(13)3-9-11-12-10-3/h1-2H2,(H,7,13)(H3,6,8,14)(H,9,10,11,12). The van der Waals surface area contributed by atoms with Gasteiger partial charge in [-0.15, -0.1) is 10.2 Å². The van der Waals surface area contributed by atoms with Crippen LogP contribution in [0.25, 0.3) is 0 Å². The summed E-state index contributed by atoms with van der Waals surface area (Å²) in [6.07, 6.45) is 0. The quantitative estimate of drug-likeness (QED) is 0.400. The Labute approximate surface area is 78.4 Å². The lowest BCUT2D eigenvalue weighted by molar-refractivity contribution is 0.0943. The van der Waals surface area contributed by atoms with Crippen LogP contribution in [-0.4, -0.2) is 45.7 Å². The fourth-order valence-electron chi connectivity index (χ4n) is 0.699. The van der Waals surface area contributed by atoms with Crippen LogP contribution in [0.4, 0.5) is 4.79 Å². The number of rotatable bonds is 4. The lowest BCUT2D eigenvalue weighted by Crippen LogP contribution is -2.37. The van der Waals surface area contributed by atoms with E-state index in [-0.39, 0.29) is 18.9 Å². The zero-order chi connectivity index (χ0) is 10.4. The monoisotopic (exact) mass is 199 g/mol. The van der Waals surface area contributed by atoms with E-state index in [2.05, 4.69) is 31.3 Å². The number of carbonyl (C=O) groups excluding carboxylic acids is 2. The van der Waals surface area contributed by atoms with Crippen molar-refractivity contribution < 1.29 is 9.59 Å². The first kappa shape index (κ1) is 9.89. The summed E-state index contributed by atoms with van der Waals surface area (Å²) in [6, 6.07) is -0.640. The Morgan fingerprint density at radius 3 is 2.64 bits per heavy atom.